The van der Waals surface area contributed by atoms with Gasteiger partial charge in [0.25, 0.3) is 0 Å². The maximum atomic E-state index is 11.8. The van der Waals surface area contributed by atoms with Crippen LogP contribution in [0.25, 0.3) is 5.52 Å². The molecule has 0 radical (unpaired) electrons. The maximum absolute atomic E-state index is 11.8. The normalized spacial score (nSPS) is 10.0. The van der Waals surface area contributed by atoms with E-state index in [1.807, 2.05) is 66.7 Å². The van der Waals surface area contributed by atoms with Crippen molar-refractivity contribution < 1.29 is 4.79 Å². The van der Waals surface area contributed by atoms with Gasteiger partial charge in [-0.1, -0.05) is 66.7 Å². The Bertz CT molecular complexity index is 849. The molecule has 0 N–H and O–H groups in total. The smallest absolute Gasteiger partial charge is 0.193 e. The third-order valence-electron chi connectivity index (χ3n) is 3.71. The first kappa shape index (κ1) is 15.8. The number of carbonyl (C=O) groups excluding carboxylic acids is 1. The van der Waals surface area contributed by atoms with Crippen LogP contribution in [-0.2, 0) is 0 Å². The number of nitrogens with zero attached hydrogens (tertiary/aromatic N) is 1. The first-order valence-corrected chi connectivity index (χ1v) is 7.92. The van der Waals surface area contributed by atoms with Crippen LogP contribution in [0, 0.1) is 6.92 Å². The van der Waals surface area contributed by atoms with Crippen molar-refractivity contribution in [1.82, 2.24) is 4.40 Å². The zero-order valence-corrected chi connectivity index (χ0v) is 13.6. The second-order valence-electron chi connectivity index (χ2n) is 5.61. The molecule has 2 nitrogen and oxygen atoms in total. The Hall–Kier alpha value is -3.13. The van der Waals surface area contributed by atoms with Crippen molar-refractivity contribution in [3.63, 3.8) is 0 Å². The Kier molecular flexibility index (Phi) is 4.87. The Labute approximate surface area is 142 Å². The molecule has 0 fully saturated rings. The van der Waals surface area contributed by atoms with Crippen LogP contribution in [0.1, 0.15) is 21.5 Å². The van der Waals surface area contributed by atoms with Crippen LogP contribution in [0.3, 0.4) is 0 Å². The molecule has 4 rings (SSSR count). The monoisotopic (exact) mass is 313 g/mol. The van der Waals surface area contributed by atoms with Gasteiger partial charge < -0.3 is 4.40 Å². The minimum Gasteiger partial charge on any atom is -0.324 e. The number of aromatic nitrogens is 1. The van der Waals surface area contributed by atoms with Crippen LogP contribution >= 0.6 is 0 Å². The lowest BCUT2D eigenvalue weighted by molar-refractivity contribution is 0.103. The zero-order valence-electron chi connectivity index (χ0n) is 13.6. The molecular weight excluding hydrogens is 294 g/mol. The van der Waals surface area contributed by atoms with Gasteiger partial charge in [0.2, 0.25) is 0 Å². The molecule has 24 heavy (non-hydrogen) atoms. The highest BCUT2D eigenvalue weighted by atomic mass is 16.1. The molecule has 4 aromatic rings. The van der Waals surface area contributed by atoms with E-state index in [1.54, 1.807) is 0 Å². The Balaban J connectivity index is 0.000000149. The number of hydrogen-bond donors (Lipinski definition) is 0. The predicted molar refractivity (Wildman–Crippen MR) is 98.5 cm³/mol. The maximum Gasteiger partial charge on any atom is 0.193 e. The van der Waals surface area contributed by atoms with Crippen molar-refractivity contribution in [1.29, 1.82) is 0 Å². The van der Waals surface area contributed by atoms with E-state index in [4.69, 9.17) is 0 Å². The van der Waals surface area contributed by atoms with Gasteiger partial charge >= 0.3 is 0 Å². The van der Waals surface area contributed by atoms with Crippen LogP contribution in [0.5, 0.6) is 0 Å². The fourth-order valence-corrected chi connectivity index (χ4v) is 2.54. The van der Waals surface area contributed by atoms with Crippen LogP contribution < -0.4 is 0 Å². The van der Waals surface area contributed by atoms with Gasteiger partial charge in [0.1, 0.15) is 0 Å². The lowest BCUT2D eigenvalue weighted by atomic mass is 10.0. The number of ketones is 1. The van der Waals surface area contributed by atoms with E-state index in [-0.39, 0.29) is 5.78 Å². The van der Waals surface area contributed by atoms with E-state index in [0.717, 1.165) is 11.1 Å². The largest absolute Gasteiger partial charge is 0.324 e. The zero-order chi connectivity index (χ0) is 16.8. The molecule has 0 aliphatic heterocycles. The first-order valence-electron chi connectivity index (χ1n) is 7.92. The molecule has 2 aromatic heterocycles. The molecule has 0 aliphatic rings. The average molecular weight is 313 g/mol. The summed E-state index contributed by atoms with van der Waals surface area (Å²) >= 11 is 0. The van der Waals surface area contributed by atoms with Crippen molar-refractivity contribution >= 4 is 11.3 Å². The molecule has 0 bridgehead atoms. The van der Waals surface area contributed by atoms with Crippen LogP contribution in [-0.4, -0.2) is 10.2 Å². The van der Waals surface area contributed by atoms with E-state index in [9.17, 15) is 4.79 Å². The fraction of sp³-hybridized carbons (Fsp3) is 0.0455. The second kappa shape index (κ2) is 7.42. The summed E-state index contributed by atoms with van der Waals surface area (Å²) in [5, 5.41) is 0. The number of rotatable bonds is 2. The summed E-state index contributed by atoms with van der Waals surface area (Å²) in [4.78, 5) is 11.8. The summed E-state index contributed by atoms with van der Waals surface area (Å²) in [6.07, 6.45) is 4.18. The minimum absolute atomic E-state index is 0.0752. The molecule has 0 amide bonds. The van der Waals surface area contributed by atoms with E-state index in [1.165, 1.54) is 11.1 Å². The van der Waals surface area contributed by atoms with Crippen molar-refractivity contribution in [2.24, 2.45) is 0 Å². The minimum atomic E-state index is 0.0752. The highest BCUT2D eigenvalue weighted by Gasteiger charge is 2.06. The fourth-order valence-electron chi connectivity index (χ4n) is 2.54. The van der Waals surface area contributed by atoms with Gasteiger partial charge in [-0.2, -0.15) is 0 Å². The number of carbonyl (C=O) groups is 1. The molecule has 0 saturated carbocycles. The Morgan fingerprint density at radius 1 is 0.750 bits per heavy atom. The molecular formula is C22H19NO. The van der Waals surface area contributed by atoms with E-state index < -0.39 is 0 Å². The van der Waals surface area contributed by atoms with E-state index >= 15 is 0 Å². The average Bonchev–Trinajstić information content (AvgIpc) is 3.03. The highest BCUT2D eigenvalue weighted by molar-refractivity contribution is 6.08. The van der Waals surface area contributed by atoms with Crippen molar-refractivity contribution in [2.75, 3.05) is 0 Å². The van der Waals surface area contributed by atoms with Gasteiger partial charge in [-0.05, 0) is 30.7 Å². The first-order chi connectivity index (χ1) is 11.7. The molecule has 0 aliphatic carbocycles. The number of fused-ring (bicyclic) bond motifs is 1. The SMILES string of the molecule is Cc1cc2ccccn2c1.O=C(c1ccccc1)c1ccccc1. The molecule has 2 heteroatoms. The van der Waals surface area contributed by atoms with Crippen molar-refractivity contribution in [3.8, 4) is 0 Å². The summed E-state index contributed by atoms with van der Waals surface area (Å²) in [6, 6.07) is 27.0. The summed E-state index contributed by atoms with van der Waals surface area (Å²) in [5.41, 5.74) is 4.05. The molecule has 0 spiro atoms. The standard InChI is InChI=1S/C13H10O.C9H9N/c14-13(11-7-3-1-4-8-11)12-9-5-2-6-10-12;1-8-6-9-4-2-3-5-10(9)7-8/h1-10H;2-7H,1H3. The van der Waals surface area contributed by atoms with Crippen molar-refractivity contribution in [3.05, 3.63) is 114 Å². The van der Waals surface area contributed by atoms with Gasteiger partial charge in [0, 0.05) is 29.0 Å². The van der Waals surface area contributed by atoms with Crippen molar-refractivity contribution in [2.45, 2.75) is 6.92 Å². The predicted octanol–water partition coefficient (Wildman–Crippen LogP) is 5.17. The third-order valence-corrected chi connectivity index (χ3v) is 3.71. The van der Waals surface area contributed by atoms with E-state index in [0.29, 0.717) is 0 Å². The van der Waals surface area contributed by atoms with Gasteiger partial charge in [-0.3, -0.25) is 4.79 Å². The van der Waals surface area contributed by atoms with Gasteiger partial charge in [0.05, 0.1) is 0 Å². The highest BCUT2D eigenvalue weighted by Crippen LogP contribution is 2.08. The molecule has 2 aromatic carbocycles. The molecule has 2 heterocycles. The summed E-state index contributed by atoms with van der Waals surface area (Å²) in [7, 11) is 0. The molecule has 0 unspecified atom stereocenters. The summed E-state index contributed by atoms with van der Waals surface area (Å²) in [6.45, 7) is 2.10. The van der Waals surface area contributed by atoms with Crippen LogP contribution in [0.2, 0.25) is 0 Å². The van der Waals surface area contributed by atoms with Crippen LogP contribution in [0.15, 0.2) is 97.3 Å². The second-order valence-corrected chi connectivity index (χ2v) is 5.61. The number of aryl methyl sites for hydroxylation is 1. The summed E-state index contributed by atoms with van der Waals surface area (Å²) < 4.78 is 2.12. The third kappa shape index (κ3) is 3.79. The molecule has 118 valence electrons. The topological polar surface area (TPSA) is 21.5 Å². The van der Waals surface area contributed by atoms with E-state index in [2.05, 4.69) is 41.9 Å². The van der Waals surface area contributed by atoms with Gasteiger partial charge in [-0.15, -0.1) is 0 Å². The molecule has 0 atom stereocenters. The molecule has 0 saturated heterocycles. The lowest BCUT2D eigenvalue weighted by Crippen LogP contribution is -1.99. The lowest BCUT2D eigenvalue weighted by Gasteiger charge is -1.99. The number of hydrogen-bond acceptors (Lipinski definition) is 1. The summed E-state index contributed by atoms with van der Waals surface area (Å²) in [5.74, 6) is 0.0752. The Morgan fingerprint density at radius 2 is 1.29 bits per heavy atom. The van der Waals surface area contributed by atoms with Gasteiger partial charge in [-0.25, -0.2) is 0 Å². The van der Waals surface area contributed by atoms with Crippen LogP contribution in [0.4, 0.5) is 0 Å². The quantitative estimate of drug-likeness (QED) is 0.468. The number of benzene rings is 2. The Morgan fingerprint density at radius 3 is 1.83 bits per heavy atom. The number of pyridine rings is 1. The van der Waals surface area contributed by atoms with Gasteiger partial charge in [0.15, 0.2) is 5.78 Å².